The number of hydrogen-bond donors (Lipinski definition) is 1. The molecule has 0 aliphatic carbocycles. The second kappa shape index (κ2) is 6.46. The summed E-state index contributed by atoms with van der Waals surface area (Å²) in [4.78, 5) is 7.33. The first-order chi connectivity index (χ1) is 9.88. The summed E-state index contributed by atoms with van der Waals surface area (Å²) in [7, 11) is 0. The Balaban J connectivity index is 2.33. The van der Waals surface area contributed by atoms with Crippen molar-refractivity contribution in [1.29, 1.82) is 0 Å². The molecule has 0 amide bonds. The van der Waals surface area contributed by atoms with Crippen molar-refractivity contribution in [3.8, 4) is 11.6 Å². The molecule has 2 aromatic rings. The molecule has 0 saturated carbocycles. The van der Waals surface area contributed by atoms with Crippen LogP contribution >= 0.6 is 22.6 Å². The molecule has 1 aromatic carbocycles. The summed E-state index contributed by atoms with van der Waals surface area (Å²) in [5, 5.41) is 2.65. The van der Waals surface area contributed by atoms with Gasteiger partial charge in [-0.3, -0.25) is 0 Å². The fraction of sp³-hybridized carbons (Fsp3) is 0.231. The van der Waals surface area contributed by atoms with Crippen molar-refractivity contribution in [1.82, 2.24) is 9.97 Å². The van der Waals surface area contributed by atoms with Gasteiger partial charge in [0, 0.05) is 16.2 Å². The third-order valence-corrected chi connectivity index (χ3v) is 3.08. The van der Waals surface area contributed by atoms with Crippen LogP contribution in [-0.2, 0) is 6.18 Å². The van der Waals surface area contributed by atoms with Gasteiger partial charge in [-0.25, -0.2) is 4.98 Å². The lowest BCUT2D eigenvalue weighted by atomic mass is 10.3. The van der Waals surface area contributed by atoms with Crippen LogP contribution in [0.15, 0.2) is 30.3 Å². The Morgan fingerprint density at radius 1 is 1.19 bits per heavy atom. The number of nitrogens with zero attached hydrogens (tertiary/aromatic N) is 2. The molecule has 112 valence electrons. The van der Waals surface area contributed by atoms with E-state index in [2.05, 4.69) is 37.9 Å². The van der Waals surface area contributed by atoms with E-state index in [4.69, 9.17) is 4.74 Å². The van der Waals surface area contributed by atoms with E-state index >= 15 is 0 Å². The lowest BCUT2D eigenvalue weighted by Crippen LogP contribution is -2.12. The Labute approximate surface area is 132 Å². The summed E-state index contributed by atoms with van der Waals surface area (Å²) < 4.78 is 44.8. The molecule has 8 heteroatoms. The van der Waals surface area contributed by atoms with Crippen molar-refractivity contribution in [2.24, 2.45) is 0 Å². The number of rotatable bonds is 4. The summed E-state index contributed by atoms with van der Waals surface area (Å²) in [6, 6.07) is 7.66. The van der Waals surface area contributed by atoms with Crippen LogP contribution in [0.1, 0.15) is 12.6 Å². The largest absolute Gasteiger partial charge is 0.439 e. The Morgan fingerprint density at radius 2 is 1.86 bits per heavy atom. The molecule has 0 aliphatic heterocycles. The molecule has 0 radical (unpaired) electrons. The maximum atomic E-state index is 12.8. The lowest BCUT2D eigenvalue weighted by molar-refractivity contribution is -0.141. The summed E-state index contributed by atoms with van der Waals surface area (Å²) in [6.45, 7) is 2.15. The van der Waals surface area contributed by atoms with E-state index in [1.54, 1.807) is 31.2 Å². The van der Waals surface area contributed by atoms with Gasteiger partial charge in [-0.1, -0.05) is 0 Å². The first-order valence-corrected chi connectivity index (χ1v) is 7.10. The first kappa shape index (κ1) is 15.8. The van der Waals surface area contributed by atoms with Gasteiger partial charge in [0.15, 0.2) is 5.69 Å². The topological polar surface area (TPSA) is 47.0 Å². The second-order valence-electron chi connectivity index (χ2n) is 4.00. The molecule has 0 saturated heterocycles. The normalized spacial score (nSPS) is 11.3. The standard InChI is InChI=1S/C13H11F3IN3O/c1-2-18-12-19-10(13(14,15)16)7-11(20-12)21-9-5-3-8(17)4-6-9/h3-7H,2H2,1H3,(H,18,19,20). The predicted molar refractivity (Wildman–Crippen MR) is 80.4 cm³/mol. The van der Waals surface area contributed by atoms with E-state index < -0.39 is 11.9 Å². The molecular weight excluding hydrogens is 398 g/mol. The molecule has 1 N–H and O–H groups in total. The van der Waals surface area contributed by atoms with Gasteiger partial charge in [0.05, 0.1) is 0 Å². The zero-order chi connectivity index (χ0) is 15.5. The molecule has 4 nitrogen and oxygen atoms in total. The number of hydrogen-bond acceptors (Lipinski definition) is 4. The minimum atomic E-state index is -4.56. The number of alkyl halides is 3. The molecule has 2 rings (SSSR count). The van der Waals surface area contributed by atoms with Crippen molar-refractivity contribution < 1.29 is 17.9 Å². The number of benzene rings is 1. The van der Waals surface area contributed by atoms with Crippen LogP contribution in [0, 0.1) is 3.57 Å². The molecule has 0 atom stereocenters. The fourth-order valence-electron chi connectivity index (χ4n) is 1.48. The minimum Gasteiger partial charge on any atom is -0.439 e. The van der Waals surface area contributed by atoms with Gasteiger partial charge in [-0.05, 0) is 53.8 Å². The number of nitrogens with one attached hydrogen (secondary N) is 1. The molecule has 0 bridgehead atoms. The summed E-state index contributed by atoms with van der Waals surface area (Å²) >= 11 is 2.12. The molecule has 21 heavy (non-hydrogen) atoms. The Kier molecular flexibility index (Phi) is 4.86. The lowest BCUT2D eigenvalue weighted by Gasteiger charge is -2.11. The molecule has 0 spiro atoms. The van der Waals surface area contributed by atoms with E-state index in [1.165, 1.54) is 0 Å². The van der Waals surface area contributed by atoms with Crippen LogP contribution in [0.2, 0.25) is 0 Å². The maximum absolute atomic E-state index is 12.8. The Bertz CT molecular complexity index is 617. The quantitative estimate of drug-likeness (QED) is 0.765. The van der Waals surface area contributed by atoms with Gasteiger partial charge < -0.3 is 10.1 Å². The minimum absolute atomic E-state index is 0.118. The third-order valence-electron chi connectivity index (χ3n) is 2.36. The average Bonchev–Trinajstić information content (AvgIpc) is 2.41. The second-order valence-corrected chi connectivity index (χ2v) is 5.24. The highest BCUT2D eigenvalue weighted by molar-refractivity contribution is 14.1. The molecule has 0 fully saturated rings. The zero-order valence-corrected chi connectivity index (χ0v) is 13.1. The molecule has 0 aliphatic rings. The van der Waals surface area contributed by atoms with E-state index in [-0.39, 0.29) is 11.8 Å². The zero-order valence-electron chi connectivity index (χ0n) is 10.9. The van der Waals surface area contributed by atoms with Gasteiger partial charge in [0.2, 0.25) is 11.8 Å². The number of anilines is 1. The highest BCUT2D eigenvalue weighted by Gasteiger charge is 2.34. The highest BCUT2D eigenvalue weighted by atomic mass is 127. The predicted octanol–water partition coefficient (Wildman–Crippen LogP) is 4.32. The van der Waals surface area contributed by atoms with E-state index in [0.717, 1.165) is 9.64 Å². The smallest absolute Gasteiger partial charge is 0.433 e. The summed E-state index contributed by atoms with van der Waals surface area (Å²) in [6.07, 6.45) is -4.56. The Morgan fingerprint density at radius 3 is 2.43 bits per heavy atom. The van der Waals surface area contributed by atoms with Crippen molar-refractivity contribution >= 4 is 28.5 Å². The van der Waals surface area contributed by atoms with Crippen LogP contribution in [0.4, 0.5) is 19.1 Å². The number of aromatic nitrogens is 2. The van der Waals surface area contributed by atoms with Crippen LogP contribution in [0.5, 0.6) is 11.6 Å². The van der Waals surface area contributed by atoms with Crippen LogP contribution in [-0.4, -0.2) is 16.5 Å². The number of halogens is 4. The van der Waals surface area contributed by atoms with Crippen molar-refractivity contribution in [3.63, 3.8) is 0 Å². The van der Waals surface area contributed by atoms with Gasteiger partial charge in [0.25, 0.3) is 0 Å². The van der Waals surface area contributed by atoms with Crippen LogP contribution in [0.25, 0.3) is 0 Å². The SMILES string of the molecule is CCNc1nc(Oc2ccc(I)cc2)cc(C(F)(F)F)n1. The summed E-state index contributed by atoms with van der Waals surface area (Å²) in [5.41, 5.74) is -1.05. The average molecular weight is 409 g/mol. The van der Waals surface area contributed by atoms with E-state index in [0.29, 0.717) is 12.3 Å². The van der Waals surface area contributed by atoms with E-state index in [9.17, 15) is 13.2 Å². The monoisotopic (exact) mass is 409 g/mol. The third kappa shape index (κ3) is 4.45. The van der Waals surface area contributed by atoms with Crippen LogP contribution in [0.3, 0.4) is 0 Å². The Hall–Kier alpha value is -1.58. The van der Waals surface area contributed by atoms with Crippen molar-refractivity contribution in [3.05, 3.63) is 39.6 Å². The molecule has 0 unspecified atom stereocenters. The van der Waals surface area contributed by atoms with Gasteiger partial charge >= 0.3 is 6.18 Å². The highest BCUT2D eigenvalue weighted by Crippen LogP contribution is 2.31. The van der Waals surface area contributed by atoms with Gasteiger partial charge in [0.1, 0.15) is 5.75 Å². The summed E-state index contributed by atoms with van der Waals surface area (Å²) in [5.74, 6) is 0.131. The van der Waals surface area contributed by atoms with Crippen LogP contribution < -0.4 is 10.1 Å². The van der Waals surface area contributed by atoms with Gasteiger partial charge in [-0.2, -0.15) is 18.2 Å². The molecule has 1 heterocycles. The fourth-order valence-corrected chi connectivity index (χ4v) is 1.84. The van der Waals surface area contributed by atoms with E-state index in [1.807, 2.05) is 0 Å². The van der Waals surface area contributed by atoms with Crippen molar-refractivity contribution in [2.75, 3.05) is 11.9 Å². The maximum Gasteiger partial charge on any atom is 0.433 e. The molecular formula is C13H11F3IN3O. The molecule has 1 aromatic heterocycles. The first-order valence-electron chi connectivity index (χ1n) is 6.02. The van der Waals surface area contributed by atoms with Crippen molar-refractivity contribution in [2.45, 2.75) is 13.1 Å². The van der Waals surface area contributed by atoms with Gasteiger partial charge in [-0.15, -0.1) is 0 Å². The number of ether oxygens (including phenoxy) is 1.